The van der Waals surface area contributed by atoms with Crippen LogP contribution >= 0.6 is 34.8 Å². The van der Waals surface area contributed by atoms with Crippen LogP contribution in [0.1, 0.15) is 11.1 Å². The van der Waals surface area contributed by atoms with Crippen LogP contribution in [0.3, 0.4) is 0 Å². The van der Waals surface area contributed by atoms with Crippen molar-refractivity contribution >= 4 is 62.6 Å². The maximum atomic E-state index is 13.3. The number of hydrogen-bond acceptors (Lipinski definition) is 6. The maximum Gasteiger partial charge on any atom is 0.278 e. The molecule has 0 heterocycles. The van der Waals surface area contributed by atoms with Gasteiger partial charge in [-0.15, -0.1) is 0 Å². The molecule has 1 N–H and O–H groups in total. The molecule has 13 heteroatoms. The molecule has 0 aliphatic rings. The minimum atomic E-state index is -4.18. The summed E-state index contributed by atoms with van der Waals surface area (Å²) in [7, 11) is -4.18. The van der Waals surface area contributed by atoms with Gasteiger partial charge in [-0.3, -0.25) is 14.9 Å². The first-order valence-electron chi connectivity index (χ1n) is 9.83. The molecule has 35 heavy (non-hydrogen) atoms. The van der Waals surface area contributed by atoms with Crippen molar-refractivity contribution in [2.75, 3.05) is 6.54 Å². The van der Waals surface area contributed by atoms with Crippen molar-refractivity contribution in [3.8, 4) is 0 Å². The normalized spacial score (nSPS) is 11.7. The van der Waals surface area contributed by atoms with Gasteiger partial charge in [-0.25, -0.2) is 13.8 Å². The number of hydrazone groups is 1. The molecule has 0 atom stereocenters. The SMILES string of the molecule is O=C(CN(Cc1c(Cl)cccc1Cl)S(=O)(=O)c1ccc(Cl)cc1)N/N=C\c1ccccc1[N+](=O)[O-]. The Bertz CT molecular complexity index is 1360. The van der Waals surface area contributed by atoms with Gasteiger partial charge in [0, 0.05) is 33.2 Å². The average Bonchev–Trinajstić information content (AvgIpc) is 2.81. The number of nitrogens with zero attached hydrogens (tertiary/aromatic N) is 3. The van der Waals surface area contributed by atoms with Gasteiger partial charge in [0.1, 0.15) is 0 Å². The van der Waals surface area contributed by atoms with Crippen molar-refractivity contribution in [3.05, 3.63) is 103 Å². The topological polar surface area (TPSA) is 122 Å². The minimum Gasteiger partial charge on any atom is -0.272 e. The van der Waals surface area contributed by atoms with Crippen molar-refractivity contribution < 1.29 is 18.1 Å². The number of nitro groups is 1. The number of carbonyl (C=O) groups excluding carboxylic acids is 1. The number of halogens is 3. The summed E-state index contributed by atoms with van der Waals surface area (Å²) >= 11 is 18.3. The van der Waals surface area contributed by atoms with Crippen LogP contribution in [0.5, 0.6) is 0 Å². The highest BCUT2D eigenvalue weighted by molar-refractivity contribution is 7.89. The number of benzene rings is 3. The number of rotatable bonds is 9. The molecule has 0 aliphatic heterocycles. The lowest BCUT2D eigenvalue weighted by Gasteiger charge is -2.22. The summed E-state index contributed by atoms with van der Waals surface area (Å²) in [6, 6.07) is 15.9. The highest BCUT2D eigenvalue weighted by Gasteiger charge is 2.28. The van der Waals surface area contributed by atoms with Crippen LogP contribution in [0, 0.1) is 10.1 Å². The quantitative estimate of drug-likeness (QED) is 0.229. The lowest BCUT2D eigenvalue weighted by molar-refractivity contribution is -0.385. The Balaban J connectivity index is 1.86. The van der Waals surface area contributed by atoms with Gasteiger partial charge in [0.2, 0.25) is 10.0 Å². The number of sulfonamides is 1. The predicted octanol–water partition coefficient (Wildman–Crippen LogP) is 4.90. The Morgan fingerprint density at radius 1 is 1.00 bits per heavy atom. The molecule has 182 valence electrons. The van der Waals surface area contributed by atoms with Crippen molar-refractivity contribution in [2.24, 2.45) is 5.10 Å². The van der Waals surface area contributed by atoms with Crippen LogP contribution < -0.4 is 5.43 Å². The molecule has 3 rings (SSSR count). The molecule has 0 saturated heterocycles. The van der Waals surface area contributed by atoms with Gasteiger partial charge in [0.25, 0.3) is 11.6 Å². The second-order valence-electron chi connectivity index (χ2n) is 7.04. The molecule has 0 fully saturated rings. The molecule has 0 aliphatic carbocycles. The van der Waals surface area contributed by atoms with Gasteiger partial charge in [-0.05, 0) is 42.5 Å². The van der Waals surface area contributed by atoms with Crippen molar-refractivity contribution in [2.45, 2.75) is 11.4 Å². The fourth-order valence-electron chi connectivity index (χ4n) is 2.97. The monoisotopic (exact) mass is 554 g/mol. The summed E-state index contributed by atoms with van der Waals surface area (Å²) in [5.41, 5.74) is 2.46. The van der Waals surface area contributed by atoms with Gasteiger partial charge in [-0.2, -0.15) is 9.41 Å². The minimum absolute atomic E-state index is 0.0960. The van der Waals surface area contributed by atoms with Crippen molar-refractivity contribution in [3.63, 3.8) is 0 Å². The van der Waals surface area contributed by atoms with Crippen LogP contribution in [0.4, 0.5) is 5.69 Å². The second-order valence-corrected chi connectivity index (χ2v) is 10.2. The van der Waals surface area contributed by atoms with E-state index < -0.39 is 27.4 Å². The smallest absolute Gasteiger partial charge is 0.272 e. The molecule has 0 aromatic heterocycles. The first kappa shape index (κ1) is 26.6. The zero-order valence-corrected chi connectivity index (χ0v) is 20.9. The molecule has 1 amide bonds. The van der Waals surface area contributed by atoms with Crippen LogP contribution in [0.25, 0.3) is 0 Å². The Hall–Kier alpha value is -3.02. The Morgan fingerprint density at radius 3 is 2.26 bits per heavy atom. The standard InChI is InChI=1S/C22H17Cl3N4O5S/c23-16-8-10-17(11-9-16)35(33,34)28(13-18-19(24)5-3-6-20(18)25)14-22(30)27-26-12-15-4-1-2-7-21(15)29(31)32/h1-12H,13-14H2,(H,27,30)/b26-12-. The molecule has 0 spiro atoms. The van der Waals surface area contributed by atoms with Gasteiger partial charge in [0.05, 0.1) is 28.1 Å². The number of nitro benzene ring substituents is 1. The van der Waals surface area contributed by atoms with E-state index in [0.717, 1.165) is 10.5 Å². The summed E-state index contributed by atoms with van der Waals surface area (Å²) in [6.45, 7) is -0.939. The van der Waals surface area contributed by atoms with E-state index in [-0.39, 0.29) is 32.7 Å². The highest BCUT2D eigenvalue weighted by Crippen LogP contribution is 2.28. The second kappa shape index (κ2) is 11.6. The van der Waals surface area contributed by atoms with E-state index in [1.807, 2.05) is 0 Å². The first-order valence-corrected chi connectivity index (χ1v) is 12.4. The third-order valence-corrected chi connectivity index (χ3v) is 7.46. The number of hydrogen-bond donors (Lipinski definition) is 1. The van der Waals surface area contributed by atoms with E-state index in [4.69, 9.17) is 34.8 Å². The maximum absolute atomic E-state index is 13.3. The van der Waals surface area contributed by atoms with Crippen LogP contribution in [-0.4, -0.2) is 36.3 Å². The van der Waals surface area contributed by atoms with E-state index >= 15 is 0 Å². The van der Waals surface area contributed by atoms with Gasteiger partial charge >= 0.3 is 0 Å². The Labute approximate surface area is 216 Å². The van der Waals surface area contributed by atoms with E-state index in [9.17, 15) is 23.3 Å². The fraction of sp³-hybridized carbons (Fsp3) is 0.0909. The molecular formula is C22H17Cl3N4O5S. The lowest BCUT2D eigenvalue weighted by atomic mass is 10.2. The zero-order valence-electron chi connectivity index (χ0n) is 17.8. The van der Waals surface area contributed by atoms with E-state index in [0.29, 0.717) is 10.6 Å². The zero-order chi connectivity index (χ0) is 25.6. The molecule has 0 unspecified atom stereocenters. The van der Waals surface area contributed by atoms with Crippen molar-refractivity contribution in [1.82, 2.24) is 9.73 Å². The Kier molecular flexibility index (Phi) is 8.82. The molecule has 9 nitrogen and oxygen atoms in total. The van der Waals surface area contributed by atoms with Gasteiger partial charge in [0.15, 0.2) is 0 Å². The summed E-state index contributed by atoms with van der Waals surface area (Å²) in [6.07, 6.45) is 1.10. The summed E-state index contributed by atoms with van der Waals surface area (Å²) < 4.78 is 27.5. The average molecular weight is 556 g/mol. The van der Waals surface area contributed by atoms with Gasteiger partial charge in [-0.1, -0.05) is 53.0 Å². The summed E-state index contributed by atoms with van der Waals surface area (Å²) in [5, 5.41) is 15.6. The Morgan fingerprint density at radius 2 is 1.63 bits per heavy atom. The number of carbonyl (C=O) groups is 1. The molecule has 0 bridgehead atoms. The van der Waals surface area contributed by atoms with E-state index in [1.54, 1.807) is 24.3 Å². The predicted molar refractivity (Wildman–Crippen MR) is 134 cm³/mol. The molecule has 0 radical (unpaired) electrons. The highest BCUT2D eigenvalue weighted by atomic mass is 35.5. The molecule has 3 aromatic rings. The van der Waals surface area contributed by atoms with Crippen LogP contribution in [-0.2, 0) is 21.4 Å². The summed E-state index contributed by atoms with van der Waals surface area (Å²) in [5.74, 6) is -0.791. The van der Waals surface area contributed by atoms with Crippen molar-refractivity contribution in [1.29, 1.82) is 0 Å². The van der Waals surface area contributed by atoms with Gasteiger partial charge < -0.3 is 0 Å². The first-order chi connectivity index (χ1) is 16.6. The van der Waals surface area contributed by atoms with Crippen LogP contribution in [0.2, 0.25) is 15.1 Å². The van der Waals surface area contributed by atoms with E-state index in [1.165, 1.54) is 42.5 Å². The molecule has 0 saturated carbocycles. The number of nitrogens with one attached hydrogen (secondary N) is 1. The lowest BCUT2D eigenvalue weighted by Crippen LogP contribution is -2.39. The third-order valence-electron chi connectivity index (χ3n) is 4.69. The van der Waals surface area contributed by atoms with Crippen LogP contribution in [0.15, 0.2) is 76.7 Å². The summed E-state index contributed by atoms with van der Waals surface area (Å²) in [4.78, 5) is 23.0. The molecule has 3 aromatic carbocycles. The number of amides is 1. The van der Waals surface area contributed by atoms with E-state index in [2.05, 4.69) is 10.5 Å². The fourth-order valence-corrected chi connectivity index (χ4v) is 4.98. The third kappa shape index (κ3) is 6.77. The molecular weight excluding hydrogens is 539 g/mol. The number of para-hydroxylation sites is 1. The largest absolute Gasteiger partial charge is 0.278 e.